The second kappa shape index (κ2) is 6.25. The van der Waals surface area contributed by atoms with Crippen LogP contribution in [0.2, 0.25) is 0 Å². The van der Waals surface area contributed by atoms with Gasteiger partial charge in [0.05, 0.1) is 0 Å². The molecule has 0 bridgehead atoms. The number of ether oxygens (including phenoxy) is 1. The summed E-state index contributed by atoms with van der Waals surface area (Å²) in [7, 11) is 0. The third kappa shape index (κ3) is 3.27. The molecule has 2 nitrogen and oxygen atoms in total. The van der Waals surface area contributed by atoms with Crippen molar-refractivity contribution in [2.24, 2.45) is 0 Å². The third-order valence-corrected chi connectivity index (χ3v) is 4.17. The highest BCUT2D eigenvalue weighted by atomic mass is 32.1. The Bertz CT molecular complexity index is 508. The van der Waals surface area contributed by atoms with Gasteiger partial charge in [-0.25, -0.2) is 4.98 Å². The molecule has 1 aromatic carbocycles. The molecule has 0 amide bonds. The second-order valence-corrected chi connectivity index (χ2v) is 5.88. The van der Waals surface area contributed by atoms with Crippen LogP contribution in [0.25, 0.3) is 0 Å². The van der Waals surface area contributed by atoms with Crippen LogP contribution >= 0.6 is 24.0 Å². The predicted octanol–water partition coefficient (Wildman–Crippen LogP) is 4.28. The first kappa shape index (κ1) is 13.4. The quantitative estimate of drug-likeness (QED) is 0.825. The van der Waals surface area contributed by atoms with Crippen molar-refractivity contribution in [2.75, 3.05) is 0 Å². The van der Waals surface area contributed by atoms with Crippen LogP contribution in [0.15, 0.2) is 30.5 Å². The number of thiol groups is 1. The van der Waals surface area contributed by atoms with Crippen LogP contribution in [0.3, 0.4) is 0 Å². The van der Waals surface area contributed by atoms with Gasteiger partial charge in [0.2, 0.25) is 0 Å². The Labute approximate surface area is 117 Å². The van der Waals surface area contributed by atoms with E-state index in [1.807, 2.05) is 24.4 Å². The SMILES string of the molecule is CC(C)c1ccccc1OCc1ncc(CS)s1. The van der Waals surface area contributed by atoms with Crippen molar-refractivity contribution in [1.82, 2.24) is 4.98 Å². The second-order valence-electron chi connectivity index (χ2n) is 4.36. The maximum absolute atomic E-state index is 5.87. The Morgan fingerprint density at radius 1 is 1.33 bits per heavy atom. The fourth-order valence-corrected chi connectivity index (χ4v) is 2.69. The van der Waals surface area contributed by atoms with Gasteiger partial charge in [-0.3, -0.25) is 0 Å². The molecule has 0 aliphatic heterocycles. The van der Waals surface area contributed by atoms with Gasteiger partial charge < -0.3 is 4.74 Å². The van der Waals surface area contributed by atoms with E-state index >= 15 is 0 Å². The van der Waals surface area contributed by atoms with E-state index in [1.54, 1.807) is 11.3 Å². The van der Waals surface area contributed by atoms with Crippen LogP contribution in [-0.4, -0.2) is 4.98 Å². The number of rotatable bonds is 5. The van der Waals surface area contributed by atoms with Gasteiger partial charge in [-0.15, -0.1) is 11.3 Å². The lowest BCUT2D eigenvalue weighted by Gasteiger charge is -2.12. The average Bonchev–Trinajstić information content (AvgIpc) is 2.84. The van der Waals surface area contributed by atoms with E-state index in [1.165, 1.54) is 10.4 Å². The molecule has 18 heavy (non-hydrogen) atoms. The van der Waals surface area contributed by atoms with Crippen LogP contribution in [0.5, 0.6) is 5.75 Å². The first-order valence-electron chi connectivity index (χ1n) is 5.97. The van der Waals surface area contributed by atoms with Crippen LogP contribution in [-0.2, 0) is 12.4 Å². The Balaban J connectivity index is 2.05. The first-order chi connectivity index (χ1) is 8.70. The molecule has 0 unspecified atom stereocenters. The van der Waals surface area contributed by atoms with Gasteiger partial charge in [-0.1, -0.05) is 32.0 Å². The molecule has 0 saturated carbocycles. The number of nitrogens with zero attached hydrogens (tertiary/aromatic N) is 1. The summed E-state index contributed by atoms with van der Waals surface area (Å²) in [6.45, 7) is 4.87. The molecular formula is C14H17NOS2. The normalized spacial score (nSPS) is 10.9. The molecule has 96 valence electrons. The Morgan fingerprint density at radius 2 is 2.11 bits per heavy atom. The Morgan fingerprint density at radius 3 is 2.78 bits per heavy atom. The average molecular weight is 279 g/mol. The van der Waals surface area contributed by atoms with E-state index in [-0.39, 0.29) is 0 Å². The standard InChI is InChI=1S/C14H17NOS2/c1-10(2)12-5-3-4-6-13(12)16-8-14-15-7-11(9-17)18-14/h3-7,10,17H,8-9H2,1-2H3. The van der Waals surface area contributed by atoms with Crippen LogP contribution < -0.4 is 4.74 Å². The van der Waals surface area contributed by atoms with Crippen molar-refractivity contribution < 1.29 is 4.74 Å². The molecular weight excluding hydrogens is 262 g/mol. The zero-order valence-electron chi connectivity index (χ0n) is 10.6. The van der Waals surface area contributed by atoms with Gasteiger partial charge in [-0.2, -0.15) is 12.6 Å². The van der Waals surface area contributed by atoms with Crippen LogP contribution in [0, 0.1) is 0 Å². The van der Waals surface area contributed by atoms with Gasteiger partial charge in [0.15, 0.2) is 0 Å². The van der Waals surface area contributed by atoms with Crippen molar-refractivity contribution in [3.63, 3.8) is 0 Å². The maximum Gasteiger partial charge on any atom is 0.140 e. The molecule has 0 aliphatic carbocycles. The molecule has 0 aliphatic rings. The van der Waals surface area contributed by atoms with Crippen molar-refractivity contribution in [3.05, 3.63) is 45.9 Å². The Hall–Kier alpha value is -1.000. The number of hydrogen-bond acceptors (Lipinski definition) is 4. The molecule has 0 spiro atoms. The Kier molecular flexibility index (Phi) is 4.66. The lowest BCUT2D eigenvalue weighted by atomic mass is 10.0. The van der Waals surface area contributed by atoms with E-state index in [0.29, 0.717) is 12.5 Å². The summed E-state index contributed by atoms with van der Waals surface area (Å²) in [5.41, 5.74) is 1.24. The molecule has 2 rings (SSSR count). The molecule has 4 heteroatoms. The van der Waals surface area contributed by atoms with Crippen LogP contribution in [0.4, 0.5) is 0 Å². The summed E-state index contributed by atoms with van der Waals surface area (Å²) in [5.74, 6) is 2.15. The highest BCUT2D eigenvalue weighted by Crippen LogP contribution is 2.27. The lowest BCUT2D eigenvalue weighted by Crippen LogP contribution is -1.99. The van der Waals surface area contributed by atoms with Gasteiger partial charge in [-0.05, 0) is 17.5 Å². The monoisotopic (exact) mass is 279 g/mol. The summed E-state index contributed by atoms with van der Waals surface area (Å²) in [6.07, 6.45) is 1.87. The topological polar surface area (TPSA) is 22.1 Å². The molecule has 0 N–H and O–H groups in total. The molecule has 0 saturated heterocycles. The molecule has 2 aromatic rings. The first-order valence-corrected chi connectivity index (χ1v) is 7.41. The summed E-state index contributed by atoms with van der Waals surface area (Å²) in [6, 6.07) is 8.18. The van der Waals surface area contributed by atoms with Crippen molar-refractivity contribution in [3.8, 4) is 5.75 Å². The fraction of sp³-hybridized carbons (Fsp3) is 0.357. The van der Waals surface area contributed by atoms with Crippen molar-refractivity contribution >= 4 is 24.0 Å². The number of hydrogen-bond donors (Lipinski definition) is 1. The van der Waals surface area contributed by atoms with Gasteiger partial charge >= 0.3 is 0 Å². The largest absolute Gasteiger partial charge is 0.486 e. The smallest absolute Gasteiger partial charge is 0.140 e. The summed E-state index contributed by atoms with van der Waals surface area (Å²) in [4.78, 5) is 5.50. The van der Waals surface area contributed by atoms with E-state index < -0.39 is 0 Å². The summed E-state index contributed by atoms with van der Waals surface area (Å²) >= 11 is 5.89. The van der Waals surface area contributed by atoms with E-state index in [0.717, 1.165) is 16.5 Å². The number of aromatic nitrogens is 1. The number of para-hydroxylation sites is 1. The third-order valence-electron chi connectivity index (χ3n) is 2.65. The molecule has 0 atom stereocenters. The highest BCUT2D eigenvalue weighted by molar-refractivity contribution is 7.79. The minimum Gasteiger partial charge on any atom is -0.486 e. The summed E-state index contributed by atoms with van der Waals surface area (Å²) < 4.78 is 5.87. The van der Waals surface area contributed by atoms with E-state index in [9.17, 15) is 0 Å². The predicted molar refractivity (Wildman–Crippen MR) is 79.7 cm³/mol. The van der Waals surface area contributed by atoms with Crippen molar-refractivity contribution in [2.45, 2.75) is 32.1 Å². The molecule has 0 radical (unpaired) electrons. The molecule has 1 heterocycles. The molecule has 1 aromatic heterocycles. The van der Waals surface area contributed by atoms with Gasteiger partial charge in [0.25, 0.3) is 0 Å². The van der Waals surface area contributed by atoms with Crippen molar-refractivity contribution in [1.29, 1.82) is 0 Å². The number of thiazole rings is 1. The number of benzene rings is 1. The van der Waals surface area contributed by atoms with E-state index in [2.05, 4.69) is 37.5 Å². The fourth-order valence-electron chi connectivity index (χ4n) is 1.72. The van der Waals surface area contributed by atoms with Gasteiger partial charge in [0, 0.05) is 16.8 Å². The highest BCUT2D eigenvalue weighted by Gasteiger charge is 2.08. The lowest BCUT2D eigenvalue weighted by molar-refractivity contribution is 0.301. The zero-order valence-corrected chi connectivity index (χ0v) is 12.3. The van der Waals surface area contributed by atoms with Crippen LogP contribution in [0.1, 0.15) is 35.2 Å². The van der Waals surface area contributed by atoms with Gasteiger partial charge in [0.1, 0.15) is 17.4 Å². The maximum atomic E-state index is 5.87. The summed E-state index contributed by atoms with van der Waals surface area (Å²) in [5, 5.41) is 0.998. The molecule has 0 fully saturated rings. The van der Waals surface area contributed by atoms with E-state index in [4.69, 9.17) is 4.74 Å². The minimum atomic E-state index is 0.463. The zero-order chi connectivity index (χ0) is 13.0. The minimum absolute atomic E-state index is 0.463.